The van der Waals surface area contributed by atoms with Crippen LogP contribution < -0.4 is 9.47 Å². The summed E-state index contributed by atoms with van der Waals surface area (Å²) in [6.07, 6.45) is 1.36. The zero-order valence-electron chi connectivity index (χ0n) is 19.2. The zero-order chi connectivity index (χ0) is 24.8. The fourth-order valence-corrected chi connectivity index (χ4v) is 5.14. The third-order valence-electron chi connectivity index (χ3n) is 6.48. The molecule has 184 valence electrons. The zero-order valence-corrected chi connectivity index (χ0v) is 20.7. The molecule has 2 aliphatic rings. The predicted molar refractivity (Wildman–Crippen MR) is 130 cm³/mol. The second-order valence-electron chi connectivity index (χ2n) is 8.65. The second-order valence-corrected chi connectivity index (χ2v) is 9.46. The van der Waals surface area contributed by atoms with E-state index in [1.54, 1.807) is 30.0 Å². The number of halogens is 2. The maximum absolute atomic E-state index is 13.5. The summed E-state index contributed by atoms with van der Waals surface area (Å²) >= 11 is 12.7. The number of benzene rings is 2. The Morgan fingerprint density at radius 3 is 2.53 bits per heavy atom. The molecule has 0 atom stereocenters. The topological polar surface area (TPSA) is 104 Å². The maximum Gasteiger partial charge on any atom is 0.259 e. The Morgan fingerprint density at radius 1 is 1.00 bits per heavy atom. The van der Waals surface area contributed by atoms with Crippen LogP contribution in [0.4, 0.5) is 0 Å². The van der Waals surface area contributed by atoms with Crippen LogP contribution in [0.3, 0.4) is 0 Å². The van der Waals surface area contributed by atoms with E-state index in [0.717, 1.165) is 5.56 Å². The number of likely N-dealkylation sites (tertiary alicyclic amines) is 1. The number of fused-ring (bicyclic) bond motifs is 1. The molecule has 0 radical (unpaired) electrons. The minimum absolute atomic E-state index is 0.0466. The number of aromatic nitrogens is 3. The van der Waals surface area contributed by atoms with E-state index in [0.29, 0.717) is 81.8 Å². The SMILES string of the molecule is Cc1onc(-c2c(Cl)cccc2Cl)c1C(=O)N1CCC(c2nc(-c3ccc4c(c3)OCO4)no2)CC1. The molecule has 0 spiro atoms. The summed E-state index contributed by atoms with van der Waals surface area (Å²) in [5.41, 5.74) is 1.99. The van der Waals surface area contributed by atoms with E-state index in [-0.39, 0.29) is 18.6 Å². The standard InChI is InChI=1S/C25H20Cl2N4O5/c1-13-20(22(29-35-13)21-16(26)3-2-4-17(21)27)25(32)31-9-7-14(8-10-31)24-28-23(30-36-24)15-5-6-18-19(11-15)34-12-33-18/h2-6,11,14H,7-10,12H2,1H3. The molecule has 0 N–H and O–H groups in total. The summed E-state index contributed by atoms with van der Waals surface area (Å²) in [5, 5.41) is 9.05. The molecule has 1 saturated heterocycles. The van der Waals surface area contributed by atoms with Gasteiger partial charge in [-0.2, -0.15) is 4.98 Å². The molecule has 9 nitrogen and oxygen atoms in total. The van der Waals surface area contributed by atoms with Gasteiger partial charge in [-0.1, -0.05) is 39.6 Å². The van der Waals surface area contributed by atoms with Crippen molar-refractivity contribution in [3.05, 3.63) is 63.7 Å². The van der Waals surface area contributed by atoms with Gasteiger partial charge in [0.1, 0.15) is 17.0 Å². The number of carbonyl (C=O) groups is 1. The molecule has 11 heteroatoms. The van der Waals surface area contributed by atoms with Crippen molar-refractivity contribution in [2.75, 3.05) is 19.9 Å². The molecule has 4 aromatic rings. The number of carbonyl (C=O) groups excluding carboxylic acids is 1. The molecule has 1 amide bonds. The lowest BCUT2D eigenvalue weighted by Gasteiger charge is -2.30. The van der Waals surface area contributed by atoms with E-state index in [2.05, 4.69) is 15.3 Å². The van der Waals surface area contributed by atoms with Gasteiger partial charge in [-0.3, -0.25) is 4.79 Å². The Morgan fingerprint density at radius 2 is 1.75 bits per heavy atom. The van der Waals surface area contributed by atoms with E-state index in [4.69, 9.17) is 41.7 Å². The Kier molecular flexibility index (Phi) is 5.81. The first-order valence-electron chi connectivity index (χ1n) is 11.4. The number of rotatable bonds is 4. The summed E-state index contributed by atoms with van der Waals surface area (Å²) in [7, 11) is 0. The number of amides is 1. The molecule has 36 heavy (non-hydrogen) atoms. The van der Waals surface area contributed by atoms with Gasteiger partial charge in [0, 0.05) is 30.1 Å². The van der Waals surface area contributed by atoms with Crippen molar-refractivity contribution >= 4 is 29.1 Å². The molecular formula is C25H20Cl2N4O5. The van der Waals surface area contributed by atoms with Gasteiger partial charge >= 0.3 is 0 Å². The van der Waals surface area contributed by atoms with Crippen LogP contribution in [0.15, 0.2) is 45.4 Å². The van der Waals surface area contributed by atoms with Crippen molar-refractivity contribution in [1.82, 2.24) is 20.2 Å². The predicted octanol–water partition coefficient (Wildman–Crippen LogP) is 5.76. The minimum atomic E-state index is -0.176. The molecule has 2 aromatic heterocycles. The van der Waals surface area contributed by atoms with Crippen LogP contribution in [0.2, 0.25) is 10.0 Å². The summed E-state index contributed by atoms with van der Waals surface area (Å²) in [4.78, 5) is 19.9. The van der Waals surface area contributed by atoms with Gasteiger partial charge < -0.3 is 23.4 Å². The largest absolute Gasteiger partial charge is 0.454 e. The van der Waals surface area contributed by atoms with E-state index < -0.39 is 0 Å². The van der Waals surface area contributed by atoms with Gasteiger partial charge in [-0.25, -0.2) is 0 Å². The molecule has 1 fully saturated rings. The van der Waals surface area contributed by atoms with Gasteiger partial charge in [0.2, 0.25) is 18.5 Å². The highest BCUT2D eigenvalue weighted by molar-refractivity contribution is 6.39. The Balaban J connectivity index is 1.17. The van der Waals surface area contributed by atoms with Crippen molar-refractivity contribution in [3.8, 4) is 34.1 Å². The lowest BCUT2D eigenvalue weighted by Crippen LogP contribution is -2.38. The van der Waals surface area contributed by atoms with Crippen molar-refractivity contribution in [3.63, 3.8) is 0 Å². The average Bonchev–Trinajstić information content (AvgIpc) is 3.63. The Labute approximate surface area is 215 Å². The number of aryl methyl sites for hydroxylation is 1. The van der Waals surface area contributed by atoms with Crippen molar-refractivity contribution < 1.29 is 23.3 Å². The van der Waals surface area contributed by atoms with Gasteiger partial charge in [0.25, 0.3) is 5.91 Å². The number of piperidine rings is 1. The van der Waals surface area contributed by atoms with Crippen LogP contribution in [-0.2, 0) is 0 Å². The lowest BCUT2D eigenvalue weighted by molar-refractivity contribution is 0.0703. The van der Waals surface area contributed by atoms with E-state index in [1.165, 1.54) is 0 Å². The van der Waals surface area contributed by atoms with Crippen LogP contribution >= 0.6 is 23.2 Å². The first-order chi connectivity index (χ1) is 17.5. The van der Waals surface area contributed by atoms with Crippen molar-refractivity contribution in [2.24, 2.45) is 0 Å². The number of ether oxygens (including phenoxy) is 2. The van der Waals surface area contributed by atoms with Crippen LogP contribution in [0.1, 0.15) is 40.8 Å². The monoisotopic (exact) mass is 526 g/mol. The van der Waals surface area contributed by atoms with Crippen LogP contribution in [0.25, 0.3) is 22.6 Å². The fraction of sp³-hybridized carbons (Fsp3) is 0.280. The summed E-state index contributed by atoms with van der Waals surface area (Å²) < 4.78 is 21.7. The number of nitrogens with zero attached hydrogens (tertiary/aromatic N) is 4. The van der Waals surface area contributed by atoms with Crippen LogP contribution in [-0.4, -0.2) is 46.0 Å². The average molecular weight is 527 g/mol. The molecule has 2 aromatic carbocycles. The molecule has 2 aliphatic heterocycles. The van der Waals surface area contributed by atoms with E-state index in [9.17, 15) is 4.79 Å². The summed E-state index contributed by atoms with van der Waals surface area (Å²) in [5.74, 6) is 2.69. The number of hydrogen-bond donors (Lipinski definition) is 0. The molecule has 0 aliphatic carbocycles. The molecule has 4 heterocycles. The highest BCUT2D eigenvalue weighted by Crippen LogP contribution is 2.39. The third-order valence-corrected chi connectivity index (χ3v) is 7.11. The van der Waals surface area contributed by atoms with Crippen LogP contribution in [0.5, 0.6) is 11.5 Å². The first-order valence-corrected chi connectivity index (χ1v) is 12.2. The minimum Gasteiger partial charge on any atom is -0.454 e. The number of hydrogen-bond acceptors (Lipinski definition) is 8. The quantitative estimate of drug-likeness (QED) is 0.330. The molecule has 0 saturated carbocycles. The van der Waals surface area contributed by atoms with E-state index in [1.807, 2.05) is 18.2 Å². The summed E-state index contributed by atoms with van der Waals surface area (Å²) in [6, 6.07) is 10.7. The Bertz CT molecular complexity index is 1440. The highest BCUT2D eigenvalue weighted by Gasteiger charge is 2.32. The second kappa shape index (κ2) is 9.15. The maximum atomic E-state index is 13.5. The molecular weight excluding hydrogens is 507 g/mol. The van der Waals surface area contributed by atoms with Crippen molar-refractivity contribution in [1.29, 1.82) is 0 Å². The highest BCUT2D eigenvalue weighted by atomic mass is 35.5. The van der Waals surface area contributed by atoms with Gasteiger partial charge in [-0.05, 0) is 50.1 Å². The smallest absolute Gasteiger partial charge is 0.259 e. The normalized spacial score (nSPS) is 15.5. The molecule has 0 unspecified atom stereocenters. The van der Waals surface area contributed by atoms with Gasteiger partial charge in [0.15, 0.2) is 11.5 Å². The molecule has 6 rings (SSSR count). The lowest BCUT2D eigenvalue weighted by atomic mass is 9.95. The van der Waals surface area contributed by atoms with Gasteiger partial charge in [-0.15, -0.1) is 0 Å². The Hall–Kier alpha value is -3.56. The van der Waals surface area contributed by atoms with Crippen molar-refractivity contribution in [2.45, 2.75) is 25.7 Å². The third kappa shape index (κ3) is 3.98. The first kappa shape index (κ1) is 22.9. The molecule has 0 bridgehead atoms. The van der Waals surface area contributed by atoms with E-state index >= 15 is 0 Å². The fourth-order valence-electron chi connectivity index (χ4n) is 4.56. The van der Waals surface area contributed by atoms with Gasteiger partial charge in [0.05, 0.1) is 10.0 Å². The van der Waals surface area contributed by atoms with Crippen LogP contribution in [0, 0.1) is 6.92 Å². The summed E-state index contributed by atoms with van der Waals surface area (Å²) in [6.45, 7) is 2.95.